The number of carbonyl (C=O) groups excluding carboxylic acids is 2. The summed E-state index contributed by atoms with van der Waals surface area (Å²) < 4.78 is 5.20. The van der Waals surface area contributed by atoms with Crippen molar-refractivity contribution in [3.63, 3.8) is 0 Å². The topological polar surface area (TPSA) is 71.2 Å². The minimum absolute atomic E-state index is 0.00178. The molecule has 28 heavy (non-hydrogen) atoms. The van der Waals surface area contributed by atoms with E-state index in [0.29, 0.717) is 23.2 Å². The average molecular weight is 401 g/mol. The molecule has 2 atom stereocenters. The van der Waals surface area contributed by atoms with Crippen LogP contribution < -0.4 is 5.32 Å². The Balaban J connectivity index is 1.51. The zero-order valence-electron chi connectivity index (χ0n) is 16.0. The molecule has 0 saturated heterocycles. The number of H-pyrrole nitrogens is 1. The molecule has 4 bridgehead atoms. The second-order valence-electron chi connectivity index (χ2n) is 8.99. The monoisotopic (exact) mass is 400 g/mol. The van der Waals surface area contributed by atoms with Crippen LogP contribution in [0.1, 0.15) is 55.9 Å². The molecule has 6 heteroatoms. The highest BCUT2D eigenvalue weighted by Gasteiger charge is 2.60. The molecule has 2 aromatic rings. The molecule has 4 aliphatic rings. The van der Waals surface area contributed by atoms with Crippen molar-refractivity contribution in [2.75, 3.05) is 11.9 Å². The van der Waals surface area contributed by atoms with Gasteiger partial charge in [0.2, 0.25) is 5.91 Å². The van der Waals surface area contributed by atoms with Gasteiger partial charge in [0.05, 0.1) is 17.7 Å². The predicted octanol–water partition coefficient (Wildman–Crippen LogP) is 4.86. The van der Waals surface area contributed by atoms with E-state index in [1.807, 2.05) is 24.3 Å². The predicted molar refractivity (Wildman–Crippen MR) is 109 cm³/mol. The quantitative estimate of drug-likeness (QED) is 0.568. The van der Waals surface area contributed by atoms with Crippen molar-refractivity contribution in [2.45, 2.75) is 50.3 Å². The van der Waals surface area contributed by atoms with Crippen molar-refractivity contribution in [1.82, 2.24) is 4.98 Å². The number of anilines is 1. The van der Waals surface area contributed by atoms with Gasteiger partial charge >= 0.3 is 5.97 Å². The summed E-state index contributed by atoms with van der Waals surface area (Å²) in [7, 11) is 0. The molecule has 148 valence electrons. The first kappa shape index (κ1) is 18.0. The molecule has 4 fully saturated rings. The van der Waals surface area contributed by atoms with Gasteiger partial charge in [-0.05, 0) is 63.4 Å². The number of benzene rings is 1. The van der Waals surface area contributed by atoms with Crippen LogP contribution in [0.15, 0.2) is 24.3 Å². The number of hydrogen-bond acceptors (Lipinski definition) is 3. The van der Waals surface area contributed by atoms with Crippen LogP contribution in [0.5, 0.6) is 0 Å². The number of hydrogen-bond donors (Lipinski definition) is 2. The maximum atomic E-state index is 13.5. The van der Waals surface area contributed by atoms with Crippen LogP contribution >= 0.6 is 11.6 Å². The molecular formula is C22H25ClN2O3. The van der Waals surface area contributed by atoms with E-state index in [9.17, 15) is 9.59 Å². The van der Waals surface area contributed by atoms with E-state index in [-0.39, 0.29) is 17.4 Å². The molecule has 2 N–H and O–H groups in total. The molecule has 0 spiro atoms. The van der Waals surface area contributed by atoms with E-state index >= 15 is 0 Å². The van der Waals surface area contributed by atoms with Gasteiger partial charge in [-0.25, -0.2) is 4.79 Å². The van der Waals surface area contributed by atoms with E-state index in [4.69, 9.17) is 16.3 Å². The van der Waals surface area contributed by atoms with Gasteiger partial charge in [0.25, 0.3) is 0 Å². The second-order valence-corrected chi connectivity index (χ2v) is 9.79. The average Bonchev–Trinajstić information content (AvgIpc) is 2.99. The van der Waals surface area contributed by atoms with Crippen molar-refractivity contribution in [1.29, 1.82) is 0 Å². The SMILES string of the molecule is CCOC(=O)c1[nH]c2ccccc2c1NC(=O)C12CC3CC(CC(Cl)(C3)C1)C2. The third-order valence-corrected chi connectivity index (χ3v) is 7.34. The third-order valence-electron chi connectivity index (χ3n) is 6.90. The lowest BCUT2D eigenvalue weighted by molar-refractivity contribution is -0.138. The largest absolute Gasteiger partial charge is 0.461 e. The molecule has 1 heterocycles. The molecule has 1 aromatic heterocycles. The number of fused-ring (bicyclic) bond motifs is 1. The maximum absolute atomic E-state index is 13.5. The van der Waals surface area contributed by atoms with Gasteiger partial charge in [-0.3, -0.25) is 4.79 Å². The van der Waals surface area contributed by atoms with Crippen LogP contribution in [-0.4, -0.2) is 28.3 Å². The number of amides is 1. The fraction of sp³-hybridized carbons (Fsp3) is 0.545. The van der Waals surface area contributed by atoms with Gasteiger partial charge in [-0.15, -0.1) is 11.6 Å². The Morgan fingerprint density at radius 2 is 1.93 bits per heavy atom. The number of ether oxygens (including phenoxy) is 1. The zero-order valence-corrected chi connectivity index (χ0v) is 16.8. The number of para-hydroxylation sites is 1. The molecule has 6 rings (SSSR count). The maximum Gasteiger partial charge on any atom is 0.356 e. The number of aromatic nitrogens is 1. The normalized spacial score (nSPS) is 33.2. The third kappa shape index (κ3) is 2.74. The first-order valence-corrected chi connectivity index (χ1v) is 10.6. The molecule has 1 aromatic carbocycles. The Morgan fingerprint density at radius 1 is 1.21 bits per heavy atom. The lowest BCUT2D eigenvalue weighted by Gasteiger charge is -2.59. The lowest BCUT2D eigenvalue weighted by atomic mass is 9.49. The Hall–Kier alpha value is -2.01. The summed E-state index contributed by atoms with van der Waals surface area (Å²) in [6.45, 7) is 2.05. The van der Waals surface area contributed by atoms with Crippen LogP contribution in [0.3, 0.4) is 0 Å². The van der Waals surface area contributed by atoms with Crippen molar-refractivity contribution >= 4 is 40.1 Å². The minimum atomic E-state index is -0.451. The first-order valence-electron chi connectivity index (χ1n) is 10.2. The van der Waals surface area contributed by atoms with Crippen molar-refractivity contribution in [3.8, 4) is 0 Å². The first-order chi connectivity index (χ1) is 13.4. The minimum Gasteiger partial charge on any atom is -0.461 e. The van der Waals surface area contributed by atoms with Crippen LogP contribution in [0.4, 0.5) is 5.69 Å². The fourth-order valence-electron chi connectivity index (χ4n) is 6.29. The smallest absolute Gasteiger partial charge is 0.356 e. The van der Waals surface area contributed by atoms with E-state index in [1.165, 1.54) is 6.42 Å². The molecule has 5 nitrogen and oxygen atoms in total. The Bertz CT molecular complexity index is 952. The summed E-state index contributed by atoms with van der Waals surface area (Å²) in [5, 5.41) is 3.94. The molecule has 2 unspecified atom stereocenters. The zero-order chi connectivity index (χ0) is 19.5. The number of aromatic amines is 1. The highest BCUT2D eigenvalue weighted by molar-refractivity contribution is 6.24. The molecule has 1 amide bonds. The molecule has 0 aliphatic heterocycles. The second kappa shape index (κ2) is 6.24. The van der Waals surface area contributed by atoms with Crippen LogP contribution in [0.25, 0.3) is 10.9 Å². The summed E-state index contributed by atoms with van der Waals surface area (Å²) >= 11 is 6.90. The van der Waals surface area contributed by atoms with E-state index in [2.05, 4.69) is 10.3 Å². The summed E-state index contributed by atoms with van der Waals surface area (Å²) in [5.41, 5.74) is 1.22. The number of rotatable bonds is 4. The van der Waals surface area contributed by atoms with E-state index < -0.39 is 11.4 Å². The van der Waals surface area contributed by atoms with Gasteiger partial charge in [-0.1, -0.05) is 18.2 Å². The molecular weight excluding hydrogens is 376 g/mol. The Morgan fingerprint density at radius 3 is 2.61 bits per heavy atom. The fourth-order valence-corrected chi connectivity index (χ4v) is 6.98. The Kier molecular flexibility index (Phi) is 4.02. The summed E-state index contributed by atoms with van der Waals surface area (Å²) in [5.74, 6) is 0.629. The summed E-state index contributed by atoms with van der Waals surface area (Å²) in [6, 6.07) is 7.61. The van der Waals surface area contributed by atoms with Crippen LogP contribution in [0, 0.1) is 17.3 Å². The van der Waals surface area contributed by atoms with Gasteiger partial charge < -0.3 is 15.0 Å². The molecule has 0 radical (unpaired) electrons. The van der Waals surface area contributed by atoms with Gasteiger partial charge in [0.15, 0.2) is 0 Å². The molecule has 4 saturated carbocycles. The van der Waals surface area contributed by atoms with Crippen LogP contribution in [0.2, 0.25) is 0 Å². The van der Waals surface area contributed by atoms with E-state index in [0.717, 1.165) is 43.0 Å². The van der Waals surface area contributed by atoms with Gasteiger partial charge in [0.1, 0.15) is 5.69 Å². The highest BCUT2D eigenvalue weighted by atomic mass is 35.5. The van der Waals surface area contributed by atoms with Crippen molar-refractivity contribution in [2.24, 2.45) is 17.3 Å². The molecule has 4 aliphatic carbocycles. The van der Waals surface area contributed by atoms with Crippen LogP contribution in [-0.2, 0) is 9.53 Å². The number of alkyl halides is 1. The highest BCUT2D eigenvalue weighted by Crippen LogP contribution is 2.64. The standard InChI is InChI=1S/C22H25ClN2O3/c1-2-28-19(26)18-17(15-5-3-4-6-16(15)24-18)25-20(27)21-8-13-7-14(9-21)11-22(23,10-13)12-21/h3-6,13-14,24H,2,7-12H2,1H3,(H,25,27). The number of halogens is 1. The van der Waals surface area contributed by atoms with Gasteiger partial charge in [-0.2, -0.15) is 0 Å². The number of nitrogens with one attached hydrogen (secondary N) is 2. The van der Waals surface area contributed by atoms with Crippen molar-refractivity contribution in [3.05, 3.63) is 30.0 Å². The van der Waals surface area contributed by atoms with Crippen molar-refractivity contribution < 1.29 is 14.3 Å². The summed E-state index contributed by atoms with van der Waals surface area (Å²) in [4.78, 5) is 28.9. The Labute approximate surface area is 169 Å². The van der Waals surface area contributed by atoms with E-state index in [1.54, 1.807) is 6.92 Å². The lowest BCUT2D eigenvalue weighted by Crippen LogP contribution is -2.57. The number of carbonyl (C=O) groups is 2. The number of esters is 1. The van der Waals surface area contributed by atoms with Gasteiger partial charge in [0, 0.05) is 15.8 Å². The summed E-state index contributed by atoms with van der Waals surface area (Å²) in [6.07, 6.45) is 5.80.